The van der Waals surface area contributed by atoms with Crippen LogP contribution in [0.15, 0.2) is 36.5 Å². The molecule has 0 spiro atoms. The molecule has 2 aromatic rings. The van der Waals surface area contributed by atoms with Crippen molar-refractivity contribution in [1.29, 1.82) is 0 Å². The predicted octanol–water partition coefficient (Wildman–Crippen LogP) is 3.86. The number of halogens is 2. The van der Waals surface area contributed by atoms with Gasteiger partial charge >= 0.3 is 0 Å². The minimum atomic E-state index is 0. The summed E-state index contributed by atoms with van der Waals surface area (Å²) < 4.78 is 5.86. The van der Waals surface area contributed by atoms with Crippen LogP contribution in [-0.2, 0) is 11.2 Å². The van der Waals surface area contributed by atoms with Crippen molar-refractivity contribution in [3.8, 4) is 11.1 Å². The average molecular weight is 341 g/mol. The van der Waals surface area contributed by atoms with E-state index in [0.29, 0.717) is 6.54 Å². The number of hydrogen-bond acceptors (Lipinski definition) is 3. The van der Waals surface area contributed by atoms with Gasteiger partial charge in [-0.15, -0.1) is 24.8 Å². The van der Waals surface area contributed by atoms with Crippen LogP contribution < -0.4 is 5.73 Å². The molecule has 3 rings (SSSR count). The summed E-state index contributed by atoms with van der Waals surface area (Å²) in [5.74, 6) is 0. The maximum absolute atomic E-state index is 5.87. The summed E-state index contributed by atoms with van der Waals surface area (Å²) in [5.41, 5.74) is 12.1. The van der Waals surface area contributed by atoms with Crippen LogP contribution >= 0.6 is 24.8 Å². The van der Waals surface area contributed by atoms with Crippen molar-refractivity contribution in [3.05, 3.63) is 53.3 Å². The molecule has 22 heavy (non-hydrogen) atoms. The number of ether oxygens (including phenoxy) is 1. The van der Waals surface area contributed by atoms with Crippen LogP contribution in [0.4, 0.5) is 0 Å². The van der Waals surface area contributed by atoms with Crippen LogP contribution in [0, 0.1) is 6.92 Å². The highest BCUT2D eigenvalue weighted by Crippen LogP contribution is 2.33. The second kappa shape index (κ2) is 8.49. The van der Waals surface area contributed by atoms with Gasteiger partial charge in [-0.25, -0.2) is 0 Å². The Bertz CT molecular complexity index is 619. The van der Waals surface area contributed by atoms with Gasteiger partial charge in [-0.1, -0.05) is 18.2 Å². The van der Waals surface area contributed by atoms with Gasteiger partial charge in [0.1, 0.15) is 0 Å². The minimum absolute atomic E-state index is 0. The first kappa shape index (κ1) is 18.9. The molecular weight excluding hydrogens is 319 g/mol. The third-order valence-corrected chi connectivity index (χ3v) is 3.87. The van der Waals surface area contributed by atoms with Gasteiger partial charge in [0.05, 0.1) is 6.10 Å². The third kappa shape index (κ3) is 3.79. The van der Waals surface area contributed by atoms with Gasteiger partial charge in [0.2, 0.25) is 0 Å². The Morgan fingerprint density at radius 1 is 1.27 bits per heavy atom. The fraction of sp³-hybridized carbons (Fsp3) is 0.353. The molecule has 1 aliphatic heterocycles. The molecule has 120 valence electrons. The van der Waals surface area contributed by atoms with Crippen molar-refractivity contribution in [3.63, 3.8) is 0 Å². The Morgan fingerprint density at radius 2 is 2.09 bits per heavy atom. The highest BCUT2D eigenvalue weighted by Gasteiger charge is 2.20. The highest BCUT2D eigenvalue weighted by molar-refractivity contribution is 5.85. The molecule has 2 heterocycles. The maximum Gasteiger partial charge on any atom is 0.0949 e. The Kier molecular flexibility index (Phi) is 7.30. The second-order valence-electron chi connectivity index (χ2n) is 5.26. The minimum Gasteiger partial charge on any atom is -0.372 e. The highest BCUT2D eigenvalue weighted by atomic mass is 35.5. The fourth-order valence-electron chi connectivity index (χ4n) is 2.93. The molecule has 0 unspecified atom stereocenters. The van der Waals surface area contributed by atoms with Gasteiger partial charge in [-0.2, -0.15) is 0 Å². The van der Waals surface area contributed by atoms with E-state index < -0.39 is 0 Å². The molecular formula is C17H22Cl2N2O. The van der Waals surface area contributed by atoms with Crippen molar-refractivity contribution in [1.82, 2.24) is 4.98 Å². The zero-order chi connectivity index (χ0) is 13.9. The lowest BCUT2D eigenvalue weighted by Gasteiger charge is -2.18. The van der Waals surface area contributed by atoms with Crippen LogP contribution in [0.5, 0.6) is 0 Å². The van der Waals surface area contributed by atoms with E-state index in [-0.39, 0.29) is 30.9 Å². The summed E-state index contributed by atoms with van der Waals surface area (Å²) in [5, 5.41) is 0. The van der Waals surface area contributed by atoms with Gasteiger partial charge in [-0.05, 0) is 54.2 Å². The molecule has 1 aliphatic rings. The van der Waals surface area contributed by atoms with E-state index in [9.17, 15) is 0 Å². The molecule has 0 amide bonds. The van der Waals surface area contributed by atoms with Crippen LogP contribution in [0.3, 0.4) is 0 Å². The Hall–Kier alpha value is -1.13. The standard InChI is InChI=1S/C17H20N2O.2ClH/c1-12-10-13(7-8-19-12)14-4-2-5-16-15(14)6-3-9-20-17(16)11-18;;/h2,4-5,7-8,10,17H,3,6,9,11,18H2,1H3;2*1H/t17-;;/m1../s1. The Balaban J connectivity index is 0.00000121. The number of benzene rings is 1. The molecule has 3 nitrogen and oxygen atoms in total. The molecule has 5 heteroatoms. The maximum atomic E-state index is 5.87. The van der Waals surface area contributed by atoms with E-state index in [1.54, 1.807) is 0 Å². The summed E-state index contributed by atoms with van der Waals surface area (Å²) in [6.45, 7) is 3.34. The molecule has 1 aromatic heterocycles. The molecule has 0 aliphatic carbocycles. The number of pyridine rings is 1. The summed E-state index contributed by atoms with van der Waals surface area (Å²) >= 11 is 0. The average Bonchev–Trinajstić information content (AvgIpc) is 2.68. The first-order chi connectivity index (χ1) is 9.79. The summed E-state index contributed by atoms with van der Waals surface area (Å²) in [4.78, 5) is 4.28. The molecule has 0 radical (unpaired) electrons. The van der Waals surface area contributed by atoms with Gasteiger partial charge in [0.15, 0.2) is 0 Å². The van der Waals surface area contributed by atoms with E-state index in [2.05, 4.69) is 35.3 Å². The summed E-state index contributed by atoms with van der Waals surface area (Å²) in [6.07, 6.45) is 3.99. The number of fused-ring (bicyclic) bond motifs is 1. The fourth-order valence-corrected chi connectivity index (χ4v) is 2.93. The quantitative estimate of drug-likeness (QED) is 0.902. The molecule has 0 bridgehead atoms. The first-order valence-corrected chi connectivity index (χ1v) is 7.16. The number of aromatic nitrogens is 1. The van der Waals surface area contributed by atoms with E-state index in [1.807, 2.05) is 13.1 Å². The number of hydrogen-bond donors (Lipinski definition) is 1. The largest absolute Gasteiger partial charge is 0.372 e. The summed E-state index contributed by atoms with van der Waals surface area (Å²) in [7, 11) is 0. The van der Waals surface area contributed by atoms with Gasteiger partial charge in [0.25, 0.3) is 0 Å². The lowest BCUT2D eigenvalue weighted by atomic mass is 9.91. The molecule has 1 aromatic carbocycles. The van der Waals surface area contributed by atoms with Crippen LogP contribution in [0.1, 0.15) is 29.3 Å². The van der Waals surface area contributed by atoms with Crippen LogP contribution in [0.2, 0.25) is 0 Å². The number of aryl methyl sites for hydroxylation is 1. The van der Waals surface area contributed by atoms with E-state index in [1.165, 1.54) is 22.3 Å². The Labute approximate surface area is 144 Å². The predicted molar refractivity (Wildman–Crippen MR) is 95.0 cm³/mol. The second-order valence-corrected chi connectivity index (χ2v) is 5.26. The SMILES string of the molecule is Cc1cc(-c2cccc3c2CCCO[C@@H]3CN)ccn1.Cl.Cl. The molecule has 0 saturated carbocycles. The van der Waals surface area contributed by atoms with E-state index >= 15 is 0 Å². The van der Waals surface area contributed by atoms with Crippen molar-refractivity contribution < 1.29 is 4.74 Å². The van der Waals surface area contributed by atoms with Gasteiger partial charge < -0.3 is 10.5 Å². The lowest BCUT2D eigenvalue weighted by molar-refractivity contribution is 0.0627. The molecule has 1 atom stereocenters. The Morgan fingerprint density at radius 3 is 2.82 bits per heavy atom. The topological polar surface area (TPSA) is 48.1 Å². The smallest absolute Gasteiger partial charge is 0.0949 e. The zero-order valence-electron chi connectivity index (χ0n) is 12.6. The van der Waals surface area contributed by atoms with Crippen molar-refractivity contribution in [2.45, 2.75) is 25.9 Å². The first-order valence-electron chi connectivity index (χ1n) is 7.16. The van der Waals surface area contributed by atoms with Crippen molar-refractivity contribution in [2.75, 3.05) is 13.2 Å². The monoisotopic (exact) mass is 340 g/mol. The summed E-state index contributed by atoms with van der Waals surface area (Å²) in [6, 6.07) is 10.6. The number of nitrogens with zero attached hydrogens (tertiary/aromatic N) is 1. The van der Waals surface area contributed by atoms with Crippen LogP contribution in [0.25, 0.3) is 11.1 Å². The van der Waals surface area contributed by atoms with E-state index in [4.69, 9.17) is 10.5 Å². The van der Waals surface area contributed by atoms with Gasteiger partial charge in [-0.3, -0.25) is 4.98 Å². The zero-order valence-corrected chi connectivity index (χ0v) is 14.3. The lowest BCUT2D eigenvalue weighted by Crippen LogP contribution is -2.16. The van der Waals surface area contributed by atoms with Crippen molar-refractivity contribution in [2.24, 2.45) is 5.73 Å². The molecule has 2 N–H and O–H groups in total. The molecule has 0 fully saturated rings. The van der Waals surface area contributed by atoms with Gasteiger partial charge in [0, 0.05) is 25.0 Å². The van der Waals surface area contributed by atoms with Crippen LogP contribution in [-0.4, -0.2) is 18.1 Å². The van der Waals surface area contributed by atoms with E-state index in [0.717, 1.165) is 25.1 Å². The third-order valence-electron chi connectivity index (χ3n) is 3.87. The normalized spacial score (nSPS) is 16.7. The molecule has 0 saturated heterocycles. The van der Waals surface area contributed by atoms with Crippen molar-refractivity contribution >= 4 is 24.8 Å². The number of nitrogens with two attached hydrogens (primary N) is 1. The number of rotatable bonds is 2.